The van der Waals surface area contributed by atoms with Crippen molar-refractivity contribution in [1.29, 1.82) is 0 Å². The van der Waals surface area contributed by atoms with Crippen LogP contribution in [-0.4, -0.2) is 29.3 Å². The van der Waals surface area contributed by atoms with Gasteiger partial charge in [-0.1, -0.05) is 25.3 Å². The van der Waals surface area contributed by atoms with E-state index in [1.165, 1.54) is 32.1 Å². The van der Waals surface area contributed by atoms with Crippen LogP contribution in [0.1, 0.15) is 43.4 Å². The summed E-state index contributed by atoms with van der Waals surface area (Å²) >= 11 is 0. The molecule has 2 rings (SSSR count). The van der Waals surface area contributed by atoms with Crippen LogP contribution in [0.15, 0.2) is 12.1 Å². The number of nitrogens with zero attached hydrogens (tertiary/aromatic N) is 2. The first-order valence-electron chi connectivity index (χ1n) is 7.30. The summed E-state index contributed by atoms with van der Waals surface area (Å²) in [5, 5.41) is 9.36. The molecular formula is C15H25N3O. The quantitative estimate of drug-likeness (QED) is 0.852. The van der Waals surface area contributed by atoms with Crippen LogP contribution < -0.4 is 10.6 Å². The normalized spacial score (nSPS) is 16.6. The Morgan fingerprint density at radius 1 is 1.32 bits per heavy atom. The molecule has 4 heteroatoms. The van der Waals surface area contributed by atoms with Crippen LogP contribution >= 0.6 is 0 Å². The van der Waals surface area contributed by atoms with Crippen LogP contribution in [0.2, 0.25) is 0 Å². The second kappa shape index (κ2) is 6.87. The molecule has 1 aliphatic rings. The Morgan fingerprint density at radius 3 is 2.68 bits per heavy atom. The summed E-state index contributed by atoms with van der Waals surface area (Å²) in [6.45, 7) is 3.31. The molecule has 1 aromatic rings. The van der Waals surface area contributed by atoms with E-state index in [9.17, 15) is 5.11 Å². The number of hydrogen-bond acceptors (Lipinski definition) is 4. The van der Waals surface area contributed by atoms with Crippen LogP contribution in [0.3, 0.4) is 0 Å². The van der Waals surface area contributed by atoms with Gasteiger partial charge in [0, 0.05) is 30.4 Å². The molecular weight excluding hydrogens is 238 g/mol. The van der Waals surface area contributed by atoms with E-state index < -0.39 is 0 Å². The number of pyridine rings is 1. The van der Waals surface area contributed by atoms with Gasteiger partial charge < -0.3 is 15.7 Å². The fourth-order valence-electron chi connectivity index (χ4n) is 2.94. The Morgan fingerprint density at radius 2 is 2.05 bits per heavy atom. The van der Waals surface area contributed by atoms with Crippen molar-refractivity contribution in [1.82, 2.24) is 4.98 Å². The van der Waals surface area contributed by atoms with Crippen molar-refractivity contribution in [2.24, 2.45) is 5.73 Å². The lowest BCUT2D eigenvalue weighted by molar-refractivity contribution is 0.289. The van der Waals surface area contributed by atoms with Crippen molar-refractivity contribution in [2.75, 3.05) is 18.1 Å². The number of aliphatic hydroxyl groups excluding tert-OH is 1. The summed E-state index contributed by atoms with van der Waals surface area (Å²) in [5.74, 6) is 0.975. The molecule has 4 nitrogen and oxygen atoms in total. The average molecular weight is 263 g/mol. The first-order chi connectivity index (χ1) is 9.26. The van der Waals surface area contributed by atoms with Crippen molar-refractivity contribution < 1.29 is 5.11 Å². The molecule has 1 aromatic heterocycles. The molecule has 0 amide bonds. The van der Waals surface area contributed by atoms with E-state index in [0.717, 1.165) is 17.1 Å². The highest BCUT2D eigenvalue weighted by Crippen LogP contribution is 2.28. The van der Waals surface area contributed by atoms with E-state index in [4.69, 9.17) is 5.73 Å². The number of hydrogen-bond donors (Lipinski definition) is 2. The van der Waals surface area contributed by atoms with Crippen LogP contribution in [0.25, 0.3) is 0 Å². The van der Waals surface area contributed by atoms with Gasteiger partial charge in [-0.15, -0.1) is 0 Å². The smallest absolute Gasteiger partial charge is 0.133 e. The lowest BCUT2D eigenvalue weighted by atomic mass is 9.94. The molecule has 0 aromatic carbocycles. The Kier molecular flexibility index (Phi) is 5.16. The van der Waals surface area contributed by atoms with Gasteiger partial charge in [0.25, 0.3) is 0 Å². The minimum Gasteiger partial charge on any atom is -0.395 e. The number of aliphatic hydroxyl groups is 1. The van der Waals surface area contributed by atoms with E-state index in [-0.39, 0.29) is 6.61 Å². The molecule has 3 N–H and O–H groups in total. The lowest BCUT2D eigenvalue weighted by Crippen LogP contribution is -2.40. The summed E-state index contributed by atoms with van der Waals surface area (Å²) in [6.07, 6.45) is 6.26. The zero-order chi connectivity index (χ0) is 13.7. The lowest BCUT2D eigenvalue weighted by Gasteiger charge is -2.36. The third-order valence-corrected chi connectivity index (χ3v) is 3.94. The highest BCUT2D eigenvalue weighted by Gasteiger charge is 2.23. The maximum atomic E-state index is 9.36. The van der Waals surface area contributed by atoms with E-state index in [0.29, 0.717) is 19.1 Å². The van der Waals surface area contributed by atoms with E-state index in [1.807, 2.05) is 13.0 Å². The molecule has 0 unspecified atom stereocenters. The summed E-state index contributed by atoms with van der Waals surface area (Å²) in [7, 11) is 0. The fourth-order valence-corrected chi connectivity index (χ4v) is 2.94. The molecule has 1 aliphatic carbocycles. The molecule has 0 spiro atoms. The first kappa shape index (κ1) is 14.3. The van der Waals surface area contributed by atoms with Crippen molar-refractivity contribution in [2.45, 2.75) is 51.6 Å². The van der Waals surface area contributed by atoms with Crippen LogP contribution in [0.4, 0.5) is 5.82 Å². The van der Waals surface area contributed by atoms with Gasteiger partial charge in [-0.05, 0) is 25.8 Å². The van der Waals surface area contributed by atoms with Gasteiger partial charge in [-0.2, -0.15) is 0 Å². The maximum absolute atomic E-state index is 9.36. The number of rotatable bonds is 5. The number of nitrogens with two attached hydrogens (primary N) is 1. The number of aromatic nitrogens is 1. The maximum Gasteiger partial charge on any atom is 0.133 e. The molecule has 1 fully saturated rings. The fraction of sp³-hybridized carbons (Fsp3) is 0.667. The summed E-state index contributed by atoms with van der Waals surface area (Å²) in [5.41, 5.74) is 7.91. The second-order valence-corrected chi connectivity index (χ2v) is 5.35. The summed E-state index contributed by atoms with van der Waals surface area (Å²) in [6, 6.07) is 4.56. The minimum atomic E-state index is 0.163. The number of anilines is 1. The molecule has 0 saturated heterocycles. The third kappa shape index (κ3) is 3.45. The summed E-state index contributed by atoms with van der Waals surface area (Å²) < 4.78 is 0. The SMILES string of the molecule is Cc1ccc(CN)c(N(CCO)C2CCCCC2)n1. The molecule has 106 valence electrons. The van der Waals surface area contributed by atoms with Gasteiger partial charge in [0.15, 0.2) is 0 Å². The third-order valence-electron chi connectivity index (χ3n) is 3.94. The van der Waals surface area contributed by atoms with Gasteiger partial charge in [0.1, 0.15) is 5.82 Å². The van der Waals surface area contributed by atoms with Gasteiger partial charge in [0.2, 0.25) is 0 Å². The monoisotopic (exact) mass is 263 g/mol. The standard InChI is InChI=1S/C15H25N3O/c1-12-7-8-13(11-16)15(17-12)18(9-10-19)14-5-3-2-4-6-14/h7-8,14,19H,2-6,9-11,16H2,1H3. The minimum absolute atomic E-state index is 0.163. The molecule has 1 heterocycles. The first-order valence-corrected chi connectivity index (χ1v) is 7.30. The molecule has 0 bridgehead atoms. The molecule has 0 radical (unpaired) electrons. The van der Waals surface area contributed by atoms with E-state index in [1.54, 1.807) is 0 Å². The summed E-state index contributed by atoms with van der Waals surface area (Å²) in [4.78, 5) is 6.95. The van der Waals surface area contributed by atoms with Crippen molar-refractivity contribution in [3.05, 3.63) is 23.4 Å². The molecule has 19 heavy (non-hydrogen) atoms. The highest BCUT2D eigenvalue weighted by molar-refractivity contribution is 5.49. The van der Waals surface area contributed by atoms with Crippen LogP contribution in [-0.2, 0) is 6.54 Å². The van der Waals surface area contributed by atoms with E-state index in [2.05, 4.69) is 16.0 Å². The van der Waals surface area contributed by atoms with Crippen LogP contribution in [0, 0.1) is 6.92 Å². The Hall–Kier alpha value is -1.13. The van der Waals surface area contributed by atoms with Gasteiger partial charge >= 0.3 is 0 Å². The van der Waals surface area contributed by atoms with Crippen molar-refractivity contribution >= 4 is 5.82 Å². The van der Waals surface area contributed by atoms with E-state index >= 15 is 0 Å². The second-order valence-electron chi connectivity index (χ2n) is 5.35. The Labute approximate surface area is 115 Å². The molecule has 0 atom stereocenters. The predicted octanol–water partition coefficient (Wildman–Crippen LogP) is 1.98. The number of aryl methyl sites for hydroxylation is 1. The van der Waals surface area contributed by atoms with Crippen LogP contribution in [0.5, 0.6) is 0 Å². The van der Waals surface area contributed by atoms with Crippen molar-refractivity contribution in [3.63, 3.8) is 0 Å². The topological polar surface area (TPSA) is 62.4 Å². The zero-order valence-corrected chi connectivity index (χ0v) is 11.8. The molecule has 1 saturated carbocycles. The van der Waals surface area contributed by atoms with Gasteiger partial charge in [-0.3, -0.25) is 0 Å². The predicted molar refractivity (Wildman–Crippen MR) is 78.2 cm³/mol. The average Bonchev–Trinajstić information content (AvgIpc) is 2.45. The Bertz CT molecular complexity index is 402. The van der Waals surface area contributed by atoms with Gasteiger partial charge in [0.05, 0.1) is 6.61 Å². The Balaban J connectivity index is 2.28. The van der Waals surface area contributed by atoms with Crippen molar-refractivity contribution in [3.8, 4) is 0 Å². The zero-order valence-electron chi connectivity index (χ0n) is 11.8. The molecule has 0 aliphatic heterocycles. The highest BCUT2D eigenvalue weighted by atomic mass is 16.3. The largest absolute Gasteiger partial charge is 0.395 e. The van der Waals surface area contributed by atoms with Gasteiger partial charge in [-0.25, -0.2) is 4.98 Å².